The minimum absolute atomic E-state index is 0.0305. The molecule has 3 aromatic rings. The number of benzene rings is 1. The minimum Gasteiger partial charge on any atom is -0.273 e. The Morgan fingerprint density at radius 2 is 1.65 bits per heavy atom. The molecule has 3 heterocycles. The van der Waals surface area contributed by atoms with Crippen LogP contribution in [0.4, 0.5) is 11.5 Å². The molecule has 1 aliphatic rings. The van der Waals surface area contributed by atoms with Crippen molar-refractivity contribution in [1.29, 1.82) is 0 Å². The van der Waals surface area contributed by atoms with E-state index in [0.29, 0.717) is 5.82 Å². The number of amides is 1. The van der Waals surface area contributed by atoms with Crippen LogP contribution < -0.4 is 4.90 Å². The molecule has 4 rings (SSSR count). The highest BCUT2D eigenvalue weighted by atomic mass is 16.2. The van der Waals surface area contributed by atoms with Gasteiger partial charge in [-0.25, -0.2) is 15.0 Å². The predicted octanol–water partition coefficient (Wildman–Crippen LogP) is 4.11. The van der Waals surface area contributed by atoms with E-state index in [1.54, 1.807) is 23.5 Å². The molecular weight excluding hydrogens is 324 g/mol. The van der Waals surface area contributed by atoms with Crippen molar-refractivity contribution in [2.75, 3.05) is 4.90 Å². The number of fused-ring (bicyclic) bond motifs is 1. The van der Waals surface area contributed by atoms with Crippen LogP contribution >= 0.6 is 0 Å². The second-order valence-corrected chi connectivity index (χ2v) is 7.21. The maximum atomic E-state index is 13.1. The molecule has 1 aromatic carbocycles. The van der Waals surface area contributed by atoms with Crippen LogP contribution in [0, 0.1) is 13.8 Å². The summed E-state index contributed by atoms with van der Waals surface area (Å²) in [5, 5.41) is 0. The molecule has 0 bridgehead atoms. The number of hydrogen-bond acceptors (Lipinski definition) is 4. The molecule has 0 N–H and O–H groups in total. The lowest BCUT2D eigenvalue weighted by molar-refractivity contribution is -0.121. The average Bonchev–Trinajstić information content (AvgIpc) is 2.81. The fourth-order valence-corrected chi connectivity index (χ4v) is 3.34. The van der Waals surface area contributed by atoms with Crippen molar-refractivity contribution in [3.63, 3.8) is 0 Å². The predicted molar refractivity (Wildman–Crippen MR) is 101 cm³/mol. The highest BCUT2D eigenvalue weighted by Gasteiger charge is 2.45. The summed E-state index contributed by atoms with van der Waals surface area (Å²) in [6, 6.07) is 9.94. The van der Waals surface area contributed by atoms with Gasteiger partial charge in [-0.1, -0.05) is 12.1 Å². The second kappa shape index (κ2) is 5.73. The molecule has 0 saturated carbocycles. The molecule has 0 fully saturated rings. The number of carbonyl (C=O) groups excluding carboxylic acids is 1. The Morgan fingerprint density at radius 1 is 0.923 bits per heavy atom. The van der Waals surface area contributed by atoms with Crippen LogP contribution in [0.1, 0.15) is 30.8 Å². The fraction of sp³-hybridized carbons (Fsp3) is 0.238. The number of anilines is 2. The number of aryl methyl sites for hydroxylation is 2. The molecule has 0 unspecified atom stereocenters. The van der Waals surface area contributed by atoms with E-state index in [1.807, 2.05) is 58.0 Å². The summed E-state index contributed by atoms with van der Waals surface area (Å²) in [4.78, 5) is 27.9. The Balaban J connectivity index is 1.89. The van der Waals surface area contributed by atoms with Crippen molar-refractivity contribution in [3.05, 3.63) is 65.9 Å². The van der Waals surface area contributed by atoms with Gasteiger partial charge < -0.3 is 0 Å². The maximum Gasteiger partial charge on any atom is 0.242 e. The van der Waals surface area contributed by atoms with Crippen LogP contribution in [-0.2, 0) is 10.2 Å². The van der Waals surface area contributed by atoms with Gasteiger partial charge in [0.05, 0.1) is 11.1 Å². The third-order valence-electron chi connectivity index (χ3n) is 4.89. The van der Waals surface area contributed by atoms with E-state index < -0.39 is 5.41 Å². The van der Waals surface area contributed by atoms with Gasteiger partial charge in [0.15, 0.2) is 0 Å². The smallest absolute Gasteiger partial charge is 0.242 e. The summed E-state index contributed by atoms with van der Waals surface area (Å²) in [5.74, 6) is 1.42. The van der Waals surface area contributed by atoms with Gasteiger partial charge in [-0.2, -0.15) is 0 Å². The van der Waals surface area contributed by atoms with Crippen LogP contribution in [0.25, 0.3) is 11.1 Å². The fourth-order valence-electron chi connectivity index (χ4n) is 3.34. The molecule has 1 aliphatic heterocycles. The molecule has 0 saturated heterocycles. The highest BCUT2D eigenvalue weighted by Crippen LogP contribution is 2.46. The van der Waals surface area contributed by atoms with Crippen LogP contribution in [0.15, 0.2) is 48.9 Å². The van der Waals surface area contributed by atoms with Gasteiger partial charge in [0.1, 0.15) is 11.6 Å². The molecule has 26 heavy (non-hydrogen) atoms. The Hall–Kier alpha value is -3.08. The molecule has 5 nitrogen and oxygen atoms in total. The lowest BCUT2D eigenvalue weighted by atomic mass is 9.85. The van der Waals surface area contributed by atoms with E-state index in [1.165, 1.54) is 0 Å². The summed E-state index contributed by atoms with van der Waals surface area (Å²) in [5.41, 5.74) is 4.25. The Kier molecular flexibility index (Phi) is 3.61. The zero-order chi connectivity index (χ0) is 18.5. The maximum absolute atomic E-state index is 13.1. The van der Waals surface area contributed by atoms with Gasteiger partial charge in [-0.15, -0.1) is 0 Å². The molecule has 5 heteroatoms. The van der Waals surface area contributed by atoms with Crippen molar-refractivity contribution in [2.45, 2.75) is 33.1 Å². The van der Waals surface area contributed by atoms with E-state index in [2.05, 4.69) is 15.0 Å². The summed E-state index contributed by atoms with van der Waals surface area (Å²) in [7, 11) is 0. The topological polar surface area (TPSA) is 59.0 Å². The summed E-state index contributed by atoms with van der Waals surface area (Å²) in [6.45, 7) is 7.77. The molecule has 0 atom stereocenters. The third-order valence-corrected chi connectivity index (χ3v) is 4.89. The zero-order valence-electron chi connectivity index (χ0n) is 15.3. The van der Waals surface area contributed by atoms with Gasteiger partial charge in [0.25, 0.3) is 0 Å². The van der Waals surface area contributed by atoms with Crippen LogP contribution in [0.3, 0.4) is 0 Å². The number of hydrogen-bond donors (Lipinski definition) is 0. The lowest BCUT2D eigenvalue weighted by Crippen LogP contribution is -2.33. The SMILES string of the molecule is Cc1ccnc(N2C(=O)C(C)(C)c3ccc(-c4cnc(C)nc4)cc32)c1. The normalized spacial score (nSPS) is 15.2. The van der Waals surface area contributed by atoms with Crippen molar-refractivity contribution in [2.24, 2.45) is 0 Å². The first-order valence-corrected chi connectivity index (χ1v) is 8.59. The first-order valence-electron chi connectivity index (χ1n) is 8.59. The second-order valence-electron chi connectivity index (χ2n) is 7.21. The summed E-state index contributed by atoms with van der Waals surface area (Å²) < 4.78 is 0. The number of nitrogens with zero attached hydrogens (tertiary/aromatic N) is 4. The van der Waals surface area contributed by atoms with Gasteiger partial charge >= 0.3 is 0 Å². The molecule has 2 aromatic heterocycles. The Labute approximate surface area is 152 Å². The van der Waals surface area contributed by atoms with E-state index in [0.717, 1.165) is 33.8 Å². The zero-order valence-corrected chi connectivity index (χ0v) is 15.3. The molecule has 1 amide bonds. The van der Waals surface area contributed by atoms with Gasteiger partial charge in [0, 0.05) is 24.2 Å². The molecule has 0 radical (unpaired) electrons. The van der Waals surface area contributed by atoms with Gasteiger partial charge in [-0.05, 0) is 62.6 Å². The van der Waals surface area contributed by atoms with Crippen molar-refractivity contribution < 1.29 is 4.79 Å². The van der Waals surface area contributed by atoms with E-state index in [-0.39, 0.29) is 5.91 Å². The summed E-state index contributed by atoms with van der Waals surface area (Å²) >= 11 is 0. The van der Waals surface area contributed by atoms with Gasteiger partial charge in [-0.3, -0.25) is 9.69 Å². The first-order chi connectivity index (χ1) is 12.4. The first kappa shape index (κ1) is 16.4. The van der Waals surface area contributed by atoms with Crippen LogP contribution in [0.5, 0.6) is 0 Å². The third kappa shape index (κ3) is 2.47. The average molecular weight is 344 g/mol. The quantitative estimate of drug-likeness (QED) is 0.702. The van der Waals surface area contributed by atoms with E-state index in [4.69, 9.17) is 0 Å². The van der Waals surface area contributed by atoms with Crippen LogP contribution in [-0.4, -0.2) is 20.9 Å². The van der Waals surface area contributed by atoms with Crippen molar-refractivity contribution >= 4 is 17.4 Å². The largest absolute Gasteiger partial charge is 0.273 e. The number of aromatic nitrogens is 3. The van der Waals surface area contributed by atoms with Crippen molar-refractivity contribution in [1.82, 2.24) is 15.0 Å². The molecular formula is C21H20N4O. The monoisotopic (exact) mass is 344 g/mol. The Bertz CT molecular complexity index is 1010. The van der Waals surface area contributed by atoms with Crippen molar-refractivity contribution in [3.8, 4) is 11.1 Å². The minimum atomic E-state index is -0.594. The Morgan fingerprint density at radius 3 is 2.35 bits per heavy atom. The van der Waals surface area contributed by atoms with Gasteiger partial charge in [0.2, 0.25) is 5.91 Å². The standard InChI is InChI=1S/C21H20N4O/c1-13-7-8-22-19(9-13)25-18-10-15(16-11-23-14(2)24-12-16)5-6-17(18)21(3,4)20(25)26/h5-12H,1-4H3. The highest BCUT2D eigenvalue weighted by molar-refractivity contribution is 6.12. The van der Waals surface area contributed by atoms with E-state index in [9.17, 15) is 4.79 Å². The lowest BCUT2D eigenvalue weighted by Gasteiger charge is -2.19. The molecule has 0 spiro atoms. The van der Waals surface area contributed by atoms with Crippen LogP contribution in [0.2, 0.25) is 0 Å². The number of rotatable bonds is 2. The number of carbonyl (C=O) groups is 1. The van der Waals surface area contributed by atoms with E-state index >= 15 is 0 Å². The summed E-state index contributed by atoms with van der Waals surface area (Å²) in [6.07, 6.45) is 5.35. The molecule has 130 valence electrons. The number of pyridine rings is 1. The molecule has 0 aliphatic carbocycles.